The largest absolute Gasteiger partial charge is 0.421 e. The van der Waals surface area contributed by atoms with Crippen molar-refractivity contribution in [2.45, 2.75) is 39.0 Å². The van der Waals surface area contributed by atoms with Crippen LogP contribution in [0.25, 0.3) is 0 Å². The maximum Gasteiger partial charge on any atom is 0.314 e. The first-order valence-corrected chi connectivity index (χ1v) is 7.01. The maximum absolute atomic E-state index is 13.4. The highest BCUT2D eigenvalue weighted by atomic mass is 35.5. The van der Waals surface area contributed by atoms with Crippen molar-refractivity contribution in [3.8, 4) is 5.75 Å². The minimum Gasteiger partial charge on any atom is -0.421 e. The van der Waals surface area contributed by atoms with Crippen LogP contribution in [0.3, 0.4) is 0 Å². The monoisotopic (exact) mass is 285 g/mol. The van der Waals surface area contributed by atoms with Gasteiger partial charge in [-0.05, 0) is 43.7 Å². The first-order valence-electron chi connectivity index (χ1n) is 6.64. The second-order valence-electron chi connectivity index (χ2n) is 4.97. The quantitative estimate of drug-likeness (QED) is 0.622. The summed E-state index contributed by atoms with van der Waals surface area (Å²) in [5, 5.41) is 0.0424. The number of hydrogen-bond acceptors (Lipinski definition) is 3. The Bertz CT molecular complexity index is 459. The second-order valence-corrected chi connectivity index (χ2v) is 5.36. The Morgan fingerprint density at radius 3 is 2.68 bits per heavy atom. The van der Waals surface area contributed by atoms with E-state index >= 15 is 0 Å². The smallest absolute Gasteiger partial charge is 0.314 e. The van der Waals surface area contributed by atoms with Gasteiger partial charge in [0.1, 0.15) is 5.15 Å². The van der Waals surface area contributed by atoms with E-state index in [1.807, 2.05) is 0 Å². The van der Waals surface area contributed by atoms with E-state index in [1.165, 1.54) is 12.1 Å². The zero-order valence-corrected chi connectivity index (χ0v) is 11.6. The fraction of sp³-hybridized carbons (Fsp3) is 0.571. The van der Waals surface area contributed by atoms with E-state index in [2.05, 4.69) is 11.9 Å². The molecule has 1 aromatic heterocycles. The highest BCUT2D eigenvalue weighted by Crippen LogP contribution is 2.31. The Hall–Kier alpha value is -1.16. The van der Waals surface area contributed by atoms with Gasteiger partial charge in [-0.2, -0.15) is 4.39 Å². The molecule has 1 aromatic rings. The van der Waals surface area contributed by atoms with Gasteiger partial charge in [0.05, 0.1) is 5.92 Å². The standard InChI is InChI=1S/C14H17ClFNO2/c1-2-9-3-5-10(6-4-9)14(18)19-11-7-8-12(15)17-13(11)16/h7-10H,2-6H2,1H3/t9-,10-. The summed E-state index contributed by atoms with van der Waals surface area (Å²) in [6.07, 6.45) is 4.87. The van der Waals surface area contributed by atoms with Gasteiger partial charge >= 0.3 is 5.97 Å². The summed E-state index contributed by atoms with van der Waals surface area (Å²) >= 11 is 5.54. The molecule has 1 aliphatic rings. The topological polar surface area (TPSA) is 39.2 Å². The molecule has 0 aliphatic heterocycles. The molecule has 0 unspecified atom stereocenters. The molecule has 104 valence electrons. The maximum atomic E-state index is 13.4. The zero-order chi connectivity index (χ0) is 13.8. The Labute approximate surface area is 117 Å². The van der Waals surface area contributed by atoms with Crippen molar-refractivity contribution in [1.29, 1.82) is 0 Å². The van der Waals surface area contributed by atoms with Crippen LogP contribution < -0.4 is 4.74 Å². The van der Waals surface area contributed by atoms with Crippen LogP contribution in [0.2, 0.25) is 5.15 Å². The van der Waals surface area contributed by atoms with Crippen LogP contribution in [0.4, 0.5) is 4.39 Å². The van der Waals surface area contributed by atoms with Crippen molar-refractivity contribution in [1.82, 2.24) is 4.98 Å². The summed E-state index contributed by atoms with van der Waals surface area (Å²) in [5.41, 5.74) is 0. The fourth-order valence-electron chi connectivity index (χ4n) is 2.47. The van der Waals surface area contributed by atoms with Gasteiger partial charge in [-0.15, -0.1) is 0 Å². The summed E-state index contributed by atoms with van der Waals surface area (Å²) in [7, 11) is 0. The molecule has 3 nitrogen and oxygen atoms in total. The van der Waals surface area contributed by atoms with Crippen LogP contribution in [0, 0.1) is 17.8 Å². The van der Waals surface area contributed by atoms with E-state index in [0.29, 0.717) is 5.92 Å². The van der Waals surface area contributed by atoms with Crippen molar-refractivity contribution >= 4 is 17.6 Å². The van der Waals surface area contributed by atoms with Crippen molar-refractivity contribution < 1.29 is 13.9 Å². The second kappa shape index (κ2) is 6.33. The molecule has 0 amide bonds. The number of halogens is 2. The molecule has 1 saturated carbocycles. The molecule has 0 spiro atoms. The van der Waals surface area contributed by atoms with Crippen LogP contribution in [0.1, 0.15) is 39.0 Å². The number of carbonyl (C=O) groups excluding carboxylic acids is 1. The third-order valence-electron chi connectivity index (χ3n) is 3.75. The summed E-state index contributed by atoms with van der Waals surface area (Å²) in [6, 6.07) is 2.74. The number of esters is 1. The molecular weight excluding hydrogens is 269 g/mol. The lowest BCUT2D eigenvalue weighted by molar-refractivity contribution is -0.140. The molecule has 0 atom stereocenters. The van der Waals surface area contributed by atoms with Crippen molar-refractivity contribution in [2.24, 2.45) is 11.8 Å². The van der Waals surface area contributed by atoms with Gasteiger partial charge < -0.3 is 4.74 Å². The zero-order valence-electron chi connectivity index (χ0n) is 10.9. The molecule has 0 bridgehead atoms. The van der Waals surface area contributed by atoms with Crippen LogP contribution in [0.5, 0.6) is 5.75 Å². The van der Waals surface area contributed by atoms with Crippen LogP contribution in [0.15, 0.2) is 12.1 Å². The van der Waals surface area contributed by atoms with E-state index in [9.17, 15) is 9.18 Å². The van der Waals surface area contributed by atoms with Gasteiger partial charge in [-0.3, -0.25) is 4.79 Å². The summed E-state index contributed by atoms with van der Waals surface area (Å²) in [4.78, 5) is 15.4. The first kappa shape index (κ1) is 14.3. The van der Waals surface area contributed by atoms with Gasteiger partial charge in [-0.25, -0.2) is 4.98 Å². The Balaban J connectivity index is 1.94. The van der Waals surface area contributed by atoms with E-state index in [1.54, 1.807) is 0 Å². The minimum atomic E-state index is -0.844. The summed E-state index contributed by atoms with van der Waals surface area (Å²) in [5.74, 6) is -0.774. The third kappa shape index (κ3) is 3.66. The normalized spacial score (nSPS) is 23.1. The highest BCUT2D eigenvalue weighted by molar-refractivity contribution is 6.29. The van der Waals surface area contributed by atoms with E-state index in [-0.39, 0.29) is 22.8 Å². The average molecular weight is 286 g/mol. The Morgan fingerprint density at radius 1 is 1.42 bits per heavy atom. The molecule has 1 fully saturated rings. The predicted octanol–water partition coefficient (Wildman–Crippen LogP) is 4.00. The molecule has 0 radical (unpaired) electrons. The lowest BCUT2D eigenvalue weighted by atomic mass is 9.81. The minimum absolute atomic E-state index is 0.0424. The van der Waals surface area contributed by atoms with Gasteiger partial charge in [0.15, 0.2) is 5.75 Å². The highest BCUT2D eigenvalue weighted by Gasteiger charge is 2.27. The average Bonchev–Trinajstić information content (AvgIpc) is 2.42. The molecule has 2 rings (SSSR count). The number of nitrogens with zero attached hydrogens (tertiary/aromatic N) is 1. The number of rotatable bonds is 3. The van der Waals surface area contributed by atoms with Crippen molar-refractivity contribution in [3.63, 3.8) is 0 Å². The summed E-state index contributed by atoms with van der Waals surface area (Å²) in [6.45, 7) is 2.16. The fourth-order valence-corrected chi connectivity index (χ4v) is 2.61. The van der Waals surface area contributed by atoms with Gasteiger partial charge in [0.2, 0.25) is 0 Å². The summed E-state index contributed by atoms with van der Waals surface area (Å²) < 4.78 is 18.5. The predicted molar refractivity (Wildman–Crippen MR) is 70.6 cm³/mol. The number of carbonyl (C=O) groups is 1. The third-order valence-corrected chi connectivity index (χ3v) is 3.96. The van der Waals surface area contributed by atoms with Gasteiger partial charge in [-0.1, -0.05) is 24.9 Å². The van der Waals surface area contributed by atoms with Gasteiger partial charge in [0, 0.05) is 0 Å². The van der Waals surface area contributed by atoms with E-state index in [4.69, 9.17) is 16.3 Å². The van der Waals surface area contributed by atoms with E-state index < -0.39 is 5.95 Å². The van der Waals surface area contributed by atoms with Crippen molar-refractivity contribution in [2.75, 3.05) is 0 Å². The lowest BCUT2D eigenvalue weighted by Crippen LogP contribution is -2.25. The van der Waals surface area contributed by atoms with E-state index in [0.717, 1.165) is 32.1 Å². The SMILES string of the molecule is CC[C@H]1CC[C@H](C(=O)Oc2ccc(Cl)nc2F)CC1. The lowest BCUT2D eigenvalue weighted by Gasteiger charge is -2.26. The molecule has 0 saturated heterocycles. The first-order chi connectivity index (χ1) is 9.10. The molecule has 1 heterocycles. The Kier molecular flexibility index (Phi) is 4.75. The number of pyridine rings is 1. The molecule has 0 N–H and O–H groups in total. The molecule has 19 heavy (non-hydrogen) atoms. The Morgan fingerprint density at radius 2 is 2.11 bits per heavy atom. The van der Waals surface area contributed by atoms with Crippen LogP contribution in [-0.2, 0) is 4.79 Å². The molecule has 5 heteroatoms. The van der Waals surface area contributed by atoms with Crippen LogP contribution >= 0.6 is 11.6 Å². The van der Waals surface area contributed by atoms with Gasteiger partial charge in [0.25, 0.3) is 5.95 Å². The van der Waals surface area contributed by atoms with Crippen molar-refractivity contribution in [3.05, 3.63) is 23.2 Å². The molecule has 0 aromatic carbocycles. The molecule has 1 aliphatic carbocycles. The number of aromatic nitrogens is 1. The molecular formula is C14H17ClFNO2. The van der Waals surface area contributed by atoms with Crippen LogP contribution in [-0.4, -0.2) is 11.0 Å². The number of hydrogen-bond donors (Lipinski definition) is 0. The number of ether oxygens (including phenoxy) is 1.